The summed E-state index contributed by atoms with van der Waals surface area (Å²) in [5.41, 5.74) is 5.27. The quantitative estimate of drug-likeness (QED) is 0.0431. The van der Waals surface area contributed by atoms with Gasteiger partial charge >= 0.3 is 13.8 Å². The van der Waals surface area contributed by atoms with E-state index in [0.717, 1.165) is 12.8 Å². The van der Waals surface area contributed by atoms with E-state index in [1.807, 2.05) is 0 Å². The largest absolute Gasteiger partial charge is 0.472 e. The molecule has 0 aliphatic heterocycles. The minimum atomic E-state index is -4.23. The van der Waals surface area contributed by atoms with Crippen LogP contribution in [0, 0.1) is 0 Å². The van der Waals surface area contributed by atoms with E-state index >= 15 is 0 Å². The molecular weight excluding hydrogens is 541 g/mol. The van der Waals surface area contributed by atoms with Crippen LogP contribution in [0.3, 0.4) is 0 Å². The fourth-order valence-corrected chi connectivity index (χ4v) is 5.56. The minimum absolute atomic E-state index is 0.0940. The van der Waals surface area contributed by atoms with E-state index in [2.05, 4.69) is 6.92 Å². The van der Waals surface area contributed by atoms with E-state index in [9.17, 15) is 14.3 Å². The van der Waals surface area contributed by atoms with E-state index in [1.54, 1.807) is 6.92 Å². The first-order valence-corrected chi connectivity index (χ1v) is 18.5. The van der Waals surface area contributed by atoms with Crippen LogP contribution in [0.5, 0.6) is 0 Å². The molecule has 0 heterocycles. The SMILES string of the molecule is CCCCCCCCCCCCCCCCCCCCCCCCOCC(COP(=O)(O)OCCN)OC(=O)CC. The third-order valence-corrected chi connectivity index (χ3v) is 8.31. The first-order valence-electron chi connectivity index (χ1n) is 17.0. The van der Waals surface area contributed by atoms with E-state index < -0.39 is 19.9 Å². The van der Waals surface area contributed by atoms with Crippen LogP contribution in [0.15, 0.2) is 0 Å². The molecule has 0 amide bonds. The van der Waals surface area contributed by atoms with Crippen molar-refractivity contribution in [1.82, 2.24) is 0 Å². The van der Waals surface area contributed by atoms with Crippen LogP contribution in [-0.4, -0.2) is 49.9 Å². The van der Waals surface area contributed by atoms with E-state index in [0.29, 0.717) is 6.61 Å². The minimum Gasteiger partial charge on any atom is -0.457 e. The molecule has 2 unspecified atom stereocenters. The molecular formula is C32H66NO7P. The molecule has 8 nitrogen and oxygen atoms in total. The van der Waals surface area contributed by atoms with Crippen LogP contribution in [0.1, 0.15) is 162 Å². The van der Waals surface area contributed by atoms with Crippen LogP contribution in [-0.2, 0) is 27.9 Å². The number of phosphoric ester groups is 1. The lowest BCUT2D eigenvalue weighted by atomic mass is 10.0. The second kappa shape index (κ2) is 30.9. The average molecular weight is 608 g/mol. The lowest BCUT2D eigenvalue weighted by molar-refractivity contribution is -0.154. The Labute approximate surface area is 252 Å². The summed E-state index contributed by atoms with van der Waals surface area (Å²) in [6.07, 6.45) is 29.2. The van der Waals surface area contributed by atoms with Gasteiger partial charge in [-0.25, -0.2) is 4.57 Å². The van der Waals surface area contributed by atoms with Crippen LogP contribution in [0.2, 0.25) is 0 Å². The summed E-state index contributed by atoms with van der Waals surface area (Å²) in [6.45, 7) is 4.37. The highest BCUT2D eigenvalue weighted by atomic mass is 31.2. The highest BCUT2D eigenvalue weighted by molar-refractivity contribution is 7.47. The molecule has 0 radical (unpaired) electrons. The summed E-state index contributed by atoms with van der Waals surface area (Å²) < 4.78 is 32.3. The van der Waals surface area contributed by atoms with Gasteiger partial charge in [0.15, 0.2) is 0 Å². The van der Waals surface area contributed by atoms with Gasteiger partial charge in [-0.15, -0.1) is 0 Å². The predicted molar refractivity (Wildman–Crippen MR) is 169 cm³/mol. The molecule has 9 heteroatoms. The van der Waals surface area contributed by atoms with Gasteiger partial charge in [-0.3, -0.25) is 13.8 Å². The normalized spacial score (nSPS) is 13.8. The molecule has 246 valence electrons. The molecule has 0 aliphatic carbocycles. The van der Waals surface area contributed by atoms with Gasteiger partial charge in [0.25, 0.3) is 0 Å². The lowest BCUT2D eigenvalue weighted by Gasteiger charge is -2.19. The van der Waals surface area contributed by atoms with Crippen LogP contribution >= 0.6 is 7.82 Å². The number of carbonyl (C=O) groups excluding carboxylic acids is 1. The third-order valence-electron chi connectivity index (χ3n) is 7.33. The second-order valence-electron chi connectivity index (χ2n) is 11.4. The number of hydrogen-bond acceptors (Lipinski definition) is 7. The van der Waals surface area contributed by atoms with Crippen molar-refractivity contribution >= 4 is 13.8 Å². The van der Waals surface area contributed by atoms with Gasteiger partial charge in [0, 0.05) is 19.6 Å². The maximum Gasteiger partial charge on any atom is 0.472 e. The van der Waals surface area contributed by atoms with Gasteiger partial charge in [-0.2, -0.15) is 0 Å². The highest BCUT2D eigenvalue weighted by Gasteiger charge is 2.24. The van der Waals surface area contributed by atoms with Crippen molar-refractivity contribution in [3.8, 4) is 0 Å². The number of rotatable bonds is 33. The predicted octanol–water partition coefficient (Wildman–Crippen LogP) is 9.02. The number of phosphoric acid groups is 1. The molecule has 0 rings (SSSR count). The number of nitrogens with two attached hydrogens (primary N) is 1. The summed E-state index contributed by atoms with van der Waals surface area (Å²) in [4.78, 5) is 21.3. The summed E-state index contributed by atoms with van der Waals surface area (Å²) in [7, 11) is -4.23. The van der Waals surface area contributed by atoms with Crippen LogP contribution < -0.4 is 5.73 Å². The zero-order valence-corrected chi connectivity index (χ0v) is 27.7. The van der Waals surface area contributed by atoms with E-state index in [1.165, 1.54) is 128 Å². The van der Waals surface area contributed by atoms with Crippen molar-refractivity contribution in [3.05, 3.63) is 0 Å². The Bertz CT molecular complexity index is 609. The van der Waals surface area contributed by atoms with Gasteiger partial charge in [0.2, 0.25) is 0 Å². The summed E-state index contributed by atoms with van der Waals surface area (Å²) in [5, 5.41) is 0. The summed E-state index contributed by atoms with van der Waals surface area (Å²) >= 11 is 0. The molecule has 0 fully saturated rings. The van der Waals surface area contributed by atoms with Crippen molar-refractivity contribution in [2.24, 2.45) is 5.73 Å². The van der Waals surface area contributed by atoms with Crippen molar-refractivity contribution in [3.63, 3.8) is 0 Å². The molecule has 0 saturated heterocycles. The fraction of sp³-hybridized carbons (Fsp3) is 0.969. The molecule has 0 aliphatic rings. The fourth-order valence-electron chi connectivity index (χ4n) is 4.80. The zero-order chi connectivity index (χ0) is 30.3. The monoisotopic (exact) mass is 607 g/mol. The first-order chi connectivity index (χ1) is 19.9. The van der Waals surface area contributed by atoms with Crippen molar-refractivity contribution in [1.29, 1.82) is 0 Å². The molecule has 3 N–H and O–H groups in total. The highest BCUT2D eigenvalue weighted by Crippen LogP contribution is 2.43. The first kappa shape index (κ1) is 40.5. The van der Waals surface area contributed by atoms with Crippen LogP contribution in [0.25, 0.3) is 0 Å². The van der Waals surface area contributed by atoms with E-state index in [4.69, 9.17) is 24.3 Å². The van der Waals surface area contributed by atoms with Gasteiger partial charge in [0.1, 0.15) is 6.10 Å². The lowest BCUT2D eigenvalue weighted by Crippen LogP contribution is -2.28. The third kappa shape index (κ3) is 30.8. The maximum absolute atomic E-state index is 11.8. The molecule has 0 aromatic rings. The van der Waals surface area contributed by atoms with Gasteiger partial charge < -0.3 is 20.1 Å². The molecule has 0 bridgehead atoms. The average Bonchev–Trinajstić information content (AvgIpc) is 2.96. The van der Waals surface area contributed by atoms with Crippen molar-refractivity contribution < 1.29 is 32.8 Å². The molecule has 41 heavy (non-hydrogen) atoms. The number of esters is 1. The van der Waals surface area contributed by atoms with Crippen LogP contribution in [0.4, 0.5) is 0 Å². The Balaban J connectivity index is 3.51. The van der Waals surface area contributed by atoms with Gasteiger partial charge in [0.05, 0.1) is 19.8 Å². The molecule has 0 aromatic carbocycles. The Morgan fingerprint density at radius 3 is 1.44 bits per heavy atom. The van der Waals surface area contributed by atoms with Gasteiger partial charge in [-0.05, 0) is 6.42 Å². The number of ether oxygens (including phenoxy) is 2. The maximum atomic E-state index is 11.8. The molecule has 0 spiro atoms. The van der Waals surface area contributed by atoms with Gasteiger partial charge in [-0.1, -0.05) is 149 Å². The Kier molecular flexibility index (Phi) is 30.6. The van der Waals surface area contributed by atoms with E-state index in [-0.39, 0.29) is 32.8 Å². The standard InChI is InChI=1S/C32H66NO7P/c1-3-5-6-7-8-9-10-11-12-13-14-15-16-17-18-19-20-21-22-23-24-25-27-37-29-31(40-32(34)4-2)30-39-41(35,36)38-28-26-33/h31H,3-30,33H2,1-2H3,(H,35,36). The zero-order valence-electron chi connectivity index (χ0n) is 26.8. The second-order valence-corrected chi connectivity index (χ2v) is 12.8. The Morgan fingerprint density at radius 1 is 0.634 bits per heavy atom. The molecule has 0 saturated carbocycles. The van der Waals surface area contributed by atoms with Crippen molar-refractivity contribution in [2.75, 3.05) is 33.0 Å². The Hall–Kier alpha value is -0.500. The summed E-state index contributed by atoms with van der Waals surface area (Å²) in [6, 6.07) is 0. The number of unbranched alkanes of at least 4 members (excludes halogenated alkanes) is 21. The van der Waals surface area contributed by atoms with Crippen molar-refractivity contribution in [2.45, 2.75) is 168 Å². The summed E-state index contributed by atoms with van der Waals surface area (Å²) in [5.74, 6) is -0.415. The number of hydrogen-bond donors (Lipinski definition) is 2. The Morgan fingerprint density at radius 2 is 1.05 bits per heavy atom. The smallest absolute Gasteiger partial charge is 0.457 e. The topological polar surface area (TPSA) is 117 Å². The molecule has 2 atom stereocenters. The molecule has 0 aromatic heterocycles. The number of carbonyl (C=O) groups is 1.